The van der Waals surface area contributed by atoms with Gasteiger partial charge in [-0.2, -0.15) is 0 Å². The number of amides is 2. The van der Waals surface area contributed by atoms with Crippen molar-refractivity contribution < 1.29 is 14.7 Å². The topological polar surface area (TPSA) is 98.3 Å². The number of carboxylic acids is 1. The van der Waals surface area contributed by atoms with Crippen LogP contribution in [0.15, 0.2) is 12.5 Å². The van der Waals surface area contributed by atoms with Gasteiger partial charge in [0.2, 0.25) is 0 Å². The maximum Gasteiger partial charge on any atom is 0.326 e. The van der Waals surface area contributed by atoms with E-state index in [0.29, 0.717) is 18.8 Å². The monoisotopic (exact) mass is 282 g/mol. The number of hydrogen-bond donors (Lipinski definition) is 3. The van der Waals surface area contributed by atoms with Crippen LogP contribution in [0.25, 0.3) is 0 Å². The Hall–Kier alpha value is -2.05. The molecule has 0 spiro atoms. The fraction of sp³-hybridized carbons (Fsp3) is 0.615. The van der Waals surface area contributed by atoms with Crippen LogP contribution in [0.5, 0.6) is 0 Å². The molecule has 0 aromatic carbocycles. The predicted octanol–water partition coefficient (Wildman–Crippen LogP) is 1.24. The van der Waals surface area contributed by atoms with E-state index in [0.717, 1.165) is 12.8 Å². The van der Waals surface area contributed by atoms with E-state index >= 15 is 0 Å². The lowest BCUT2D eigenvalue weighted by Gasteiger charge is -2.23. The van der Waals surface area contributed by atoms with Crippen LogP contribution < -0.4 is 5.32 Å². The molecule has 7 nitrogen and oxygen atoms in total. The highest BCUT2D eigenvalue weighted by Gasteiger charge is 2.23. The molecule has 112 valence electrons. The Labute approximate surface area is 118 Å². The molecule has 0 unspecified atom stereocenters. The Bertz CT molecular complexity index is 419. The maximum absolute atomic E-state index is 12.0. The van der Waals surface area contributed by atoms with Gasteiger partial charge in [-0.15, -0.1) is 0 Å². The number of carboxylic acid groups (broad SMARTS) is 1. The van der Waals surface area contributed by atoms with Gasteiger partial charge in [0.1, 0.15) is 6.04 Å². The Morgan fingerprint density at radius 1 is 1.50 bits per heavy atom. The van der Waals surface area contributed by atoms with Gasteiger partial charge in [0.15, 0.2) is 0 Å². The lowest BCUT2D eigenvalue weighted by Crippen LogP contribution is -2.49. The summed E-state index contributed by atoms with van der Waals surface area (Å²) in [5.74, 6) is -1.06. The summed E-state index contributed by atoms with van der Waals surface area (Å²) in [6, 6.07) is -1.30. The van der Waals surface area contributed by atoms with Crippen LogP contribution in [0.3, 0.4) is 0 Å². The van der Waals surface area contributed by atoms with Gasteiger partial charge >= 0.3 is 12.0 Å². The van der Waals surface area contributed by atoms with Gasteiger partial charge in [-0.3, -0.25) is 0 Å². The van der Waals surface area contributed by atoms with Gasteiger partial charge < -0.3 is 20.3 Å². The second kappa shape index (κ2) is 8.19. The quantitative estimate of drug-likeness (QED) is 0.668. The minimum absolute atomic E-state index is 0.187. The Morgan fingerprint density at radius 3 is 2.75 bits per heavy atom. The largest absolute Gasteiger partial charge is 0.480 e. The number of nitrogens with zero attached hydrogens (tertiary/aromatic N) is 2. The average Bonchev–Trinajstić information content (AvgIpc) is 2.91. The molecule has 7 heteroatoms. The summed E-state index contributed by atoms with van der Waals surface area (Å²) < 4.78 is 0. The number of carbonyl (C=O) groups is 2. The second-order valence-corrected chi connectivity index (χ2v) is 4.55. The first-order chi connectivity index (χ1) is 9.58. The third kappa shape index (κ3) is 4.91. The lowest BCUT2D eigenvalue weighted by molar-refractivity contribution is -0.139. The molecule has 2 amide bonds. The third-order valence-electron chi connectivity index (χ3n) is 3.03. The SMILES string of the molecule is CCCCN(CC)C(=O)N[C@H](Cc1cnc[nH]1)C(=O)O. The van der Waals surface area contributed by atoms with Crippen molar-refractivity contribution in [3.05, 3.63) is 18.2 Å². The van der Waals surface area contributed by atoms with Crippen LogP contribution >= 0.6 is 0 Å². The highest BCUT2D eigenvalue weighted by Crippen LogP contribution is 2.01. The third-order valence-corrected chi connectivity index (χ3v) is 3.03. The molecule has 1 heterocycles. The van der Waals surface area contributed by atoms with Gasteiger partial charge in [0, 0.05) is 31.4 Å². The van der Waals surface area contributed by atoms with Crippen molar-refractivity contribution in [1.82, 2.24) is 20.2 Å². The zero-order valence-corrected chi connectivity index (χ0v) is 11.9. The summed E-state index contributed by atoms with van der Waals surface area (Å²) in [5, 5.41) is 11.7. The molecule has 0 fully saturated rings. The van der Waals surface area contributed by atoms with E-state index in [4.69, 9.17) is 0 Å². The van der Waals surface area contributed by atoms with Gasteiger partial charge in [-0.25, -0.2) is 14.6 Å². The van der Waals surface area contributed by atoms with Gasteiger partial charge in [0.05, 0.1) is 6.33 Å². The first kappa shape index (κ1) is 16.0. The summed E-state index contributed by atoms with van der Waals surface area (Å²) in [4.78, 5) is 31.6. The molecule has 1 atom stereocenters. The molecule has 0 aliphatic rings. The van der Waals surface area contributed by atoms with E-state index in [1.165, 1.54) is 6.33 Å². The smallest absolute Gasteiger partial charge is 0.326 e. The number of aromatic nitrogens is 2. The van der Waals surface area contributed by atoms with E-state index in [1.807, 2.05) is 13.8 Å². The molecule has 0 aliphatic heterocycles. The number of carbonyl (C=O) groups excluding carboxylic acids is 1. The number of aliphatic carboxylic acids is 1. The highest BCUT2D eigenvalue weighted by atomic mass is 16.4. The molecule has 1 rings (SSSR count). The van der Waals surface area contributed by atoms with Crippen LogP contribution in [0.4, 0.5) is 4.79 Å². The van der Waals surface area contributed by atoms with Crippen molar-refractivity contribution in [1.29, 1.82) is 0 Å². The number of urea groups is 1. The molecule has 0 saturated carbocycles. The van der Waals surface area contributed by atoms with Crippen molar-refractivity contribution in [2.45, 2.75) is 39.2 Å². The minimum Gasteiger partial charge on any atom is -0.480 e. The summed E-state index contributed by atoms with van der Waals surface area (Å²) in [5.41, 5.74) is 0.675. The molecule has 0 radical (unpaired) electrons. The highest BCUT2D eigenvalue weighted by molar-refractivity contribution is 5.82. The number of hydrogen-bond acceptors (Lipinski definition) is 3. The fourth-order valence-corrected chi connectivity index (χ4v) is 1.81. The van der Waals surface area contributed by atoms with E-state index in [-0.39, 0.29) is 12.5 Å². The zero-order chi connectivity index (χ0) is 15.0. The summed E-state index contributed by atoms with van der Waals surface area (Å²) >= 11 is 0. The standard InChI is InChI=1S/C13H22N4O3/c1-3-5-6-17(4-2)13(20)16-11(12(18)19)7-10-8-14-9-15-10/h8-9,11H,3-7H2,1-2H3,(H,14,15)(H,16,20)(H,18,19)/t11-/m1/s1. The van der Waals surface area contributed by atoms with Gasteiger partial charge in [-0.05, 0) is 13.3 Å². The normalized spacial score (nSPS) is 11.9. The fourth-order valence-electron chi connectivity index (χ4n) is 1.81. The van der Waals surface area contributed by atoms with E-state index in [9.17, 15) is 14.7 Å². The lowest BCUT2D eigenvalue weighted by atomic mass is 10.1. The van der Waals surface area contributed by atoms with E-state index < -0.39 is 12.0 Å². The average molecular weight is 282 g/mol. The summed E-state index contributed by atoms with van der Waals surface area (Å²) in [6.07, 6.45) is 5.11. The Kier molecular flexibility index (Phi) is 6.55. The molecule has 20 heavy (non-hydrogen) atoms. The van der Waals surface area contributed by atoms with Crippen LogP contribution in [0, 0.1) is 0 Å². The van der Waals surface area contributed by atoms with Crippen molar-refractivity contribution in [2.24, 2.45) is 0 Å². The molecular weight excluding hydrogens is 260 g/mol. The zero-order valence-electron chi connectivity index (χ0n) is 11.9. The first-order valence-electron chi connectivity index (χ1n) is 6.84. The summed E-state index contributed by atoms with van der Waals surface area (Å²) in [6.45, 7) is 5.11. The van der Waals surface area contributed by atoms with Crippen LogP contribution in [0.1, 0.15) is 32.4 Å². The van der Waals surface area contributed by atoms with Crippen molar-refractivity contribution >= 4 is 12.0 Å². The molecule has 1 aromatic rings. The van der Waals surface area contributed by atoms with Crippen LogP contribution in [-0.2, 0) is 11.2 Å². The number of imidazole rings is 1. The summed E-state index contributed by atoms with van der Waals surface area (Å²) in [7, 11) is 0. The molecule has 3 N–H and O–H groups in total. The molecule has 1 aromatic heterocycles. The van der Waals surface area contributed by atoms with Crippen LogP contribution in [-0.4, -0.2) is 51.1 Å². The Balaban J connectivity index is 2.60. The van der Waals surface area contributed by atoms with E-state index in [1.54, 1.807) is 11.1 Å². The van der Waals surface area contributed by atoms with Gasteiger partial charge in [-0.1, -0.05) is 13.3 Å². The number of unbranched alkanes of at least 4 members (excludes halogenated alkanes) is 1. The molecule has 0 saturated heterocycles. The molecule has 0 bridgehead atoms. The Morgan fingerprint density at radius 2 is 2.25 bits per heavy atom. The van der Waals surface area contributed by atoms with Crippen molar-refractivity contribution in [3.63, 3.8) is 0 Å². The van der Waals surface area contributed by atoms with Crippen LogP contribution in [0.2, 0.25) is 0 Å². The number of aromatic amines is 1. The van der Waals surface area contributed by atoms with Gasteiger partial charge in [0.25, 0.3) is 0 Å². The van der Waals surface area contributed by atoms with Crippen molar-refractivity contribution in [2.75, 3.05) is 13.1 Å². The molecular formula is C13H22N4O3. The number of H-pyrrole nitrogens is 1. The minimum atomic E-state index is -1.06. The maximum atomic E-state index is 12.0. The van der Waals surface area contributed by atoms with Crippen molar-refractivity contribution in [3.8, 4) is 0 Å². The number of nitrogens with one attached hydrogen (secondary N) is 2. The van der Waals surface area contributed by atoms with E-state index in [2.05, 4.69) is 15.3 Å². The number of rotatable bonds is 8. The predicted molar refractivity (Wildman–Crippen MR) is 74.4 cm³/mol. The second-order valence-electron chi connectivity index (χ2n) is 4.55. The molecule has 0 aliphatic carbocycles. The first-order valence-corrected chi connectivity index (χ1v) is 6.84.